The third-order valence-corrected chi connectivity index (χ3v) is 5.04. The Morgan fingerprint density at radius 1 is 1.04 bits per heavy atom. The lowest BCUT2D eigenvalue weighted by Crippen LogP contribution is -1.99. The number of aromatic nitrogens is 3. The number of benzene rings is 2. The minimum absolute atomic E-state index is 0.360. The zero-order valence-corrected chi connectivity index (χ0v) is 13.6. The number of thiophene rings is 1. The van der Waals surface area contributed by atoms with E-state index in [1.54, 1.807) is 11.3 Å². The lowest BCUT2D eigenvalue weighted by molar-refractivity contribution is 0.539. The van der Waals surface area contributed by atoms with Crippen molar-refractivity contribution in [2.75, 3.05) is 0 Å². The zero-order chi connectivity index (χ0) is 15.8. The molecule has 4 nitrogen and oxygen atoms in total. The van der Waals surface area contributed by atoms with E-state index in [1.165, 1.54) is 9.38 Å². The van der Waals surface area contributed by atoms with Gasteiger partial charge in [-0.1, -0.05) is 36.4 Å². The number of carbonyl (C=O) groups is 1. The third kappa shape index (κ3) is 2.32. The molecule has 0 fully saturated rings. The summed E-state index contributed by atoms with van der Waals surface area (Å²) in [4.78, 5) is 12.2. The molecule has 0 spiro atoms. The van der Waals surface area contributed by atoms with Crippen molar-refractivity contribution >= 4 is 40.1 Å². The van der Waals surface area contributed by atoms with Gasteiger partial charge >= 0.3 is 0 Å². The quantitative estimate of drug-likeness (QED) is 0.413. The van der Waals surface area contributed by atoms with Crippen LogP contribution in [0, 0.1) is 4.77 Å². The highest BCUT2D eigenvalue weighted by atomic mass is 32.1. The summed E-state index contributed by atoms with van der Waals surface area (Å²) >= 11 is 7.04. The van der Waals surface area contributed by atoms with Gasteiger partial charge in [-0.05, 0) is 41.9 Å². The molecule has 6 heteroatoms. The highest BCUT2D eigenvalue weighted by Gasteiger charge is 2.16. The molecular formula is C17H11N3OS2. The molecule has 0 bridgehead atoms. The molecule has 2 aromatic carbocycles. The van der Waals surface area contributed by atoms with E-state index in [1.807, 2.05) is 47.0 Å². The number of rotatable bonds is 3. The Morgan fingerprint density at radius 3 is 2.52 bits per heavy atom. The maximum absolute atomic E-state index is 11.3. The van der Waals surface area contributed by atoms with Gasteiger partial charge in [-0.15, -0.1) is 16.4 Å². The summed E-state index contributed by atoms with van der Waals surface area (Å²) in [6.45, 7) is 0. The molecule has 0 saturated carbocycles. The van der Waals surface area contributed by atoms with Crippen LogP contribution < -0.4 is 0 Å². The average molecular weight is 337 g/mol. The molecule has 4 rings (SSSR count). The minimum atomic E-state index is 0.360. The van der Waals surface area contributed by atoms with Crippen molar-refractivity contribution in [3.63, 3.8) is 0 Å². The molecule has 0 atom stereocenters. The second-order valence-electron chi connectivity index (χ2n) is 4.98. The molecule has 4 aromatic rings. The Morgan fingerprint density at radius 2 is 1.78 bits per heavy atom. The van der Waals surface area contributed by atoms with E-state index in [0.717, 1.165) is 16.0 Å². The van der Waals surface area contributed by atoms with E-state index in [2.05, 4.69) is 23.3 Å². The van der Waals surface area contributed by atoms with E-state index < -0.39 is 0 Å². The Bertz CT molecular complexity index is 1030. The first-order valence-electron chi connectivity index (χ1n) is 6.99. The topological polar surface area (TPSA) is 39.8 Å². The molecule has 0 amide bonds. The highest BCUT2D eigenvalue weighted by molar-refractivity contribution is 7.71. The van der Waals surface area contributed by atoms with Crippen LogP contribution in [0.1, 0.15) is 0 Å². The van der Waals surface area contributed by atoms with Crippen molar-refractivity contribution < 1.29 is 4.79 Å². The van der Waals surface area contributed by atoms with E-state index >= 15 is 0 Å². The molecule has 0 aliphatic carbocycles. The molecule has 23 heavy (non-hydrogen) atoms. The fraction of sp³-hybridized carbons (Fsp3) is 0. The fourth-order valence-corrected chi connectivity index (χ4v) is 3.83. The molecule has 2 aromatic heterocycles. The minimum Gasteiger partial charge on any atom is -0.276 e. The Kier molecular flexibility index (Phi) is 3.40. The number of hydrogen-bond acceptors (Lipinski definition) is 4. The summed E-state index contributed by atoms with van der Waals surface area (Å²) in [7, 11) is 0. The number of hydrogen-bond donors (Lipinski definition) is 0. The van der Waals surface area contributed by atoms with Crippen LogP contribution in [0.4, 0.5) is 0 Å². The van der Waals surface area contributed by atoms with Gasteiger partial charge in [-0.2, -0.15) is 4.68 Å². The second-order valence-corrected chi connectivity index (χ2v) is 6.42. The van der Waals surface area contributed by atoms with Gasteiger partial charge in [0.1, 0.15) is 0 Å². The van der Waals surface area contributed by atoms with Crippen LogP contribution in [0.25, 0.3) is 26.5 Å². The van der Waals surface area contributed by atoms with Crippen LogP contribution >= 0.6 is 23.6 Å². The Balaban J connectivity index is 2.01. The van der Waals surface area contributed by atoms with Crippen LogP contribution in [-0.2, 0) is 4.79 Å². The van der Waals surface area contributed by atoms with Crippen LogP contribution in [-0.4, -0.2) is 20.8 Å². The first-order chi connectivity index (χ1) is 11.3. The van der Waals surface area contributed by atoms with Crippen molar-refractivity contribution in [2.24, 2.45) is 0 Å². The smallest absolute Gasteiger partial charge is 0.236 e. The van der Waals surface area contributed by atoms with E-state index in [-0.39, 0.29) is 0 Å². The van der Waals surface area contributed by atoms with E-state index in [4.69, 9.17) is 12.2 Å². The number of carbonyl (C=O) groups excluding carboxylic acids is 1. The largest absolute Gasteiger partial charge is 0.276 e. The molecule has 0 aliphatic rings. The molecular weight excluding hydrogens is 326 g/mol. The summed E-state index contributed by atoms with van der Waals surface area (Å²) < 4.78 is 4.56. The summed E-state index contributed by atoms with van der Waals surface area (Å²) in [6, 6.07) is 19.9. The van der Waals surface area contributed by atoms with Crippen molar-refractivity contribution in [3.05, 3.63) is 65.4 Å². The van der Waals surface area contributed by atoms with Crippen molar-refractivity contribution in [2.45, 2.75) is 0 Å². The Labute approximate surface area is 141 Å². The summed E-state index contributed by atoms with van der Waals surface area (Å²) in [5.74, 6) is 0.675. The molecule has 0 aliphatic heterocycles. The lowest BCUT2D eigenvalue weighted by Gasteiger charge is -2.04. The van der Waals surface area contributed by atoms with Gasteiger partial charge in [0.15, 0.2) is 5.82 Å². The van der Waals surface area contributed by atoms with Crippen LogP contribution in [0.2, 0.25) is 0 Å². The number of nitrogens with zero attached hydrogens (tertiary/aromatic N) is 3. The van der Waals surface area contributed by atoms with Gasteiger partial charge in [0.25, 0.3) is 0 Å². The molecule has 0 saturated heterocycles. The third-order valence-electron chi connectivity index (χ3n) is 3.56. The Hall–Kier alpha value is -2.57. The predicted octanol–water partition coefficient (Wildman–Crippen LogP) is 4.32. The van der Waals surface area contributed by atoms with Gasteiger partial charge in [0.2, 0.25) is 11.2 Å². The normalized spacial score (nSPS) is 11.0. The maximum Gasteiger partial charge on any atom is 0.236 e. The number of para-hydroxylation sites is 1. The molecule has 0 radical (unpaired) electrons. The second kappa shape index (κ2) is 5.57. The van der Waals surface area contributed by atoms with Gasteiger partial charge in [-0.3, -0.25) is 9.36 Å². The molecule has 2 heterocycles. The SMILES string of the molecule is O=Cn1nc(-c2cc3ccccc3s2)n(-c2ccccc2)c1=S. The van der Waals surface area contributed by atoms with Gasteiger partial charge in [0, 0.05) is 4.70 Å². The summed E-state index contributed by atoms with van der Waals surface area (Å²) in [5.41, 5.74) is 0.887. The van der Waals surface area contributed by atoms with Crippen LogP contribution in [0.15, 0.2) is 60.7 Å². The molecule has 112 valence electrons. The first kappa shape index (κ1) is 14.0. The highest BCUT2D eigenvalue weighted by Crippen LogP contribution is 2.33. The van der Waals surface area contributed by atoms with Crippen molar-refractivity contribution in [3.8, 4) is 16.4 Å². The molecule has 0 unspecified atom stereocenters. The van der Waals surface area contributed by atoms with Crippen molar-refractivity contribution in [1.82, 2.24) is 14.3 Å². The lowest BCUT2D eigenvalue weighted by atomic mass is 10.2. The van der Waals surface area contributed by atoms with Gasteiger partial charge in [0.05, 0.1) is 10.6 Å². The van der Waals surface area contributed by atoms with E-state index in [0.29, 0.717) is 17.0 Å². The fourth-order valence-electron chi connectivity index (χ4n) is 2.51. The first-order valence-corrected chi connectivity index (χ1v) is 8.21. The van der Waals surface area contributed by atoms with Crippen LogP contribution in [0.5, 0.6) is 0 Å². The van der Waals surface area contributed by atoms with Gasteiger partial charge < -0.3 is 0 Å². The predicted molar refractivity (Wildman–Crippen MR) is 95.4 cm³/mol. The molecule has 0 N–H and O–H groups in total. The average Bonchev–Trinajstić information content (AvgIpc) is 3.16. The standard InChI is InChI=1S/C17H11N3OS2/c21-11-19-17(22)20(13-7-2-1-3-8-13)16(18-19)15-10-12-6-4-5-9-14(12)23-15/h1-11H. The zero-order valence-electron chi connectivity index (χ0n) is 11.9. The number of fused-ring (bicyclic) bond motifs is 1. The van der Waals surface area contributed by atoms with Crippen molar-refractivity contribution in [1.29, 1.82) is 0 Å². The summed E-state index contributed by atoms with van der Waals surface area (Å²) in [6.07, 6.45) is 0.637. The van der Waals surface area contributed by atoms with Gasteiger partial charge in [-0.25, -0.2) is 0 Å². The maximum atomic E-state index is 11.3. The van der Waals surface area contributed by atoms with E-state index in [9.17, 15) is 4.79 Å². The monoisotopic (exact) mass is 337 g/mol. The summed E-state index contributed by atoms with van der Waals surface area (Å²) in [5, 5.41) is 5.54. The van der Waals surface area contributed by atoms with Crippen LogP contribution in [0.3, 0.4) is 0 Å².